The number of ether oxygens (including phenoxy) is 1. The Bertz CT molecular complexity index is 1570. The van der Waals surface area contributed by atoms with Gasteiger partial charge in [-0.05, 0) is 86.2 Å². The number of sulfonamides is 1. The first-order chi connectivity index (χ1) is 19.3. The van der Waals surface area contributed by atoms with E-state index < -0.39 is 10.0 Å². The molecule has 0 radical (unpaired) electrons. The Morgan fingerprint density at radius 2 is 1.62 bits per heavy atom. The minimum absolute atomic E-state index is 0.141. The molecule has 3 aliphatic rings. The Labute approximate surface area is 237 Å². The highest BCUT2D eigenvalue weighted by Crippen LogP contribution is 2.40. The number of amides is 1. The van der Waals surface area contributed by atoms with Crippen molar-refractivity contribution in [3.05, 3.63) is 76.6 Å². The molecule has 0 unspecified atom stereocenters. The summed E-state index contributed by atoms with van der Waals surface area (Å²) < 4.78 is 35.7. The Morgan fingerprint density at radius 1 is 0.925 bits per heavy atom. The van der Waals surface area contributed by atoms with Crippen molar-refractivity contribution in [2.75, 3.05) is 38.3 Å². The van der Waals surface area contributed by atoms with E-state index in [1.165, 1.54) is 42.0 Å². The third kappa shape index (κ3) is 4.72. The lowest BCUT2D eigenvalue weighted by Crippen LogP contribution is -2.40. The number of morpholine rings is 1. The molecule has 6 rings (SSSR count). The number of carbonyl (C=O) groups is 1. The smallest absolute Gasteiger partial charge is 0.258 e. The molecule has 2 aromatic carbocycles. The van der Waals surface area contributed by atoms with Crippen LogP contribution in [0.15, 0.2) is 53.4 Å². The minimum atomic E-state index is -3.68. The van der Waals surface area contributed by atoms with Gasteiger partial charge in [-0.25, -0.2) is 8.42 Å². The summed E-state index contributed by atoms with van der Waals surface area (Å²) in [6.07, 6.45) is 8.44. The Kier molecular flexibility index (Phi) is 7.19. The number of aryl methyl sites for hydroxylation is 1. The van der Waals surface area contributed by atoms with Gasteiger partial charge in [0.1, 0.15) is 0 Å². The van der Waals surface area contributed by atoms with E-state index in [1.807, 2.05) is 6.08 Å². The number of likely N-dealkylation sites (N-methyl/N-ethyl adjacent to an activating group) is 1. The molecule has 1 saturated carbocycles. The molecule has 1 aliphatic carbocycles. The van der Waals surface area contributed by atoms with Crippen LogP contribution in [0.1, 0.15) is 66.1 Å². The van der Waals surface area contributed by atoms with Gasteiger partial charge in [0.05, 0.1) is 23.8 Å². The molecule has 0 atom stereocenters. The molecule has 2 fully saturated rings. The molecule has 210 valence electrons. The first kappa shape index (κ1) is 27.0. The third-order valence-corrected chi connectivity index (χ3v) is 10.7. The highest BCUT2D eigenvalue weighted by Gasteiger charge is 2.33. The fraction of sp³-hybridized carbons (Fsp3) is 0.406. The highest BCUT2D eigenvalue weighted by atomic mass is 32.2. The molecule has 0 spiro atoms. The fourth-order valence-corrected chi connectivity index (χ4v) is 7.92. The number of carbonyl (C=O) groups excluding carboxylic acids is 1. The molecule has 40 heavy (non-hydrogen) atoms. The number of fused-ring (bicyclic) bond motifs is 1. The van der Waals surface area contributed by atoms with Gasteiger partial charge in [-0.3, -0.25) is 4.79 Å². The van der Waals surface area contributed by atoms with Crippen LogP contribution in [0.25, 0.3) is 17.3 Å². The SMILES string of the molecule is Cc1cc(C=C2C(=O)N(C)c3ccc(S(=O)(=O)N4CCOCC4)cc32)c(C)n1-c1ccc(C2CCCCC2)cc1. The zero-order chi connectivity index (χ0) is 28.0. The summed E-state index contributed by atoms with van der Waals surface area (Å²) in [5.41, 5.74) is 7.45. The van der Waals surface area contributed by atoms with Gasteiger partial charge in [-0.2, -0.15) is 4.31 Å². The van der Waals surface area contributed by atoms with E-state index in [4.69, 9.17) is 4.74 Å². The molecule has 1 amide bonds. The normalized spacial score (nSPS) is 19.9. The van der Waals surface area contributed by atoms with Crippen molar-refractivity contribution in [2.24, 2.45) is 0 Å². The molecule has 0 N–H and O–H groups in total. The second kappa shape index (κ2) is 10.7. The summed E-state index contributed by atoms with van der Waals surface area (Å²) in [4.78, 5) is 15.2. The van der Waals surface area contributed by atoms with Crippen molar-refractivity contribution in [1.29, 1.82) is 0 Å². The van der Waals surface area contributed by atoms with Gasteiger partial charge in [0.25, 0.3) is 5.91 Å². The van der Waals surface area contributed by atoms with Crippen molar-refractivity contribution in [1.82, 2.24) is 8.87 Å². The summed E-state index contributed by atoms with van der Waals surface area (Å²) in [7, 11) is -1.95. The van der Waals surface area contributed by atoms with Crippen LogP contribution in [0.5, 0.6) is 0 Å². The van der Waals surface area contributed by atoms with Crippen LogP contribution in [0, 0.1) is 13.8 Å². The van der Waals surface area contributed by atoms with Crippen molar-refractivity contribution >= 4 is 33.3 Å². The zero-order valence-corrected chi connectivity index (χ0v) is 24.3. The molecule has 3 heterocycles. The van der Waals surface area contributed by atoms with E-state index >= 15 is 0 Å². The molecule has 3 aromatic rings. The van der Waals surface area contributed by atoms with Gasteiger partial charge < -0.3 is 14.2 Å². The third-order valence-electron chi connectivity index (χ3n) is 8.76. The summed E-state index contributed by atoms with van der Waals surface area (Å²) >= 11 is 0. The molecule has 0 bridgehead atoms. The average Bonchev–Trinajstić information content (AvgIpc) is 3.40. The number of rotatable bonds is 5. The Balaban J connectivity index is 1.34. The minimum Gasteiger partial charge on any atom is -0.379 e. The first-order valence-electron chi connectivity index (χ1n) is 14.3. The van der Waals surface area contributed by atoms with E-state index in [9.17, 15) is 13.2 Å². The molecule has 2 aliphatic heterocycles. The average molecular weight is 560 g/mol. The summed E-state index contributed by atoms with van der Waals surface area (Å²) in [5, 5.41) is 0. The number of hydrogen-bond donors (Lipinski definition) is 0. The number of aromatic nitrogens is 1. The fourth-order valence-electron chi connectivity index (χ4n) is 6.48. The Morgan fingerprint density at radius 3 is 2.33 bits per heavy atom. The molecular weight excluding hydrogens is 522 g/mol. The standard InChI is InChI=1S/C32H37N3O4S/c1-22-19-26(23(2)35(22)27-11-9-25(10-12-27)24-7-5-4-6-8-24)20-30-29-21-28(13-14-31(29)33(3)32(30)36)40(37,38)34-15-17-39-18-16-34/h9-14,19-21,24H,4-8,15-18H2,1-3H3. The predicted octanol–water partition coefficient (Wildman–Crippen LogP) is 5.68. The van der Waals surface area contributed by atoms with Crippen LogP contribution in [0.4, 0.5) is 5.69 Å². The molecule has 1 saturated heterocycles. The number of hydrogen-bond acceptors (Lipinski definition) is 4. The van der Waals surface area contributed by atoms with Gasteiger partial charge >= 0.3 is 0 Å². The van der Waals surface area contributed by atoms with E-state index in [2.05, 4.69) is 48.7 Å². The number of benzene rings is 2. The van der Waals surface area contributed by atoms with Gasteiger partial charge in [0, 0.05) is 48.3 Å². The second-order valence-electron chi connectivity index (χ2n) is 11.2. The largest absolute Gasteiger partial charge is 0.379 e. The Hall–Kier alpha value is -3.20. The van der Waals surface area contributed by atoms with E-state index in [0.29, 0.717) is 49.0 Å². The predicted molar refractivity (Wildman–Crippen MR) is 158 cm³/mol. The van der Waals surface area contributed by atoms with Gasteiger partial charge in [-0.1, -0.05) is 31.4 Å². The lowest BCUT2D eigenvalue weighted by atomic mass is 9.84. The van der Waals surface area contributed by atoms with Gasteiger partial charge in [-0.15, -0.1) is 0 Å². The van der Waals surface area contributed by atoms with Crippen molar-refractivity contribution in [3.8, 4) is 5.69 Å². The van der Waals surface area contributed by atoms with Crippen molar-refractivity contribution < 1.29 is 17.9 Å². The van der Waals surface area contributed by atoms with Crippen molar-refractivity contribution in [2.45, 2.75) is 56.8 Å². The van der Waals surface area contributed by atoms with Crippen LogP contribution in [-0.4, -0.2) is 56.5 Å². The first-order valence-corrected chi connectivity index (χ1v) is 15.7. The lowest BCUT2D eigenvalue weighted by molar-refractivity contribution is -0.112. The van der Waals surface area contributed by atoms with Crippen LogP contribution in [0.2, 0.25) is 0 Å². The van der Waals surface area contributed by atoms with E-state index in [1.54, 1.807) is 30.1 Å². The topological polar surface area (TPSA) is 71.8 Å². The quantitative estimate of drug-likeness (QED) is 0.377. The molecule has 8 heteroatoms. The maximum atomic E-state index is 13.4. The van der Waals surface area contributed by atoms with Crippen LogP contribution < -0.4 is 4.90 Å². The monoisotopic (exact) mass is 559 g/mol. The molecule has 7 nitrogen and oxygen atoms in total. The number of anilines is 1. The van der Waals surface area contributed by atoms with E-state index in [-0.39, 0.29) is 10.8 Å². The highest BCUT2D eigenvalue weighted by molar-refractivity contribution is 7.89. The lowest BCUT2D eigenvalue weighted by Gasteiger charge is -2.26. The van der Waals surface area contributed by atoms with Crippen LogP contribution in [-0.2, 0) is 19.6 Å². The summed E-state index contributed by atoms with van der Waals surface area (Å²) in [6.45, 7) is 5.57. The zero-order valence-electron chi connectivity index (χ0n) is 23.5. The maximum absolute atomic E-state index is 13.4. The van der Waals surface area contributed by atoms with Gasteiger partial charge in [0.15, 0.2) is 0 Å². The van der Waals surface area contributed by atoms with Crippen LogP contribution >= 0.6 is 0 Å². The molecular formula is C32H37N3O4S. The summed E-state index contributed by atoms with van der Waals surface area (Å²) in [6, 6.07) is 16.0. The van der Waals surface area contributed by atoms with Gasteiger partial charge in [0.2, 0.25) is 10.0 Å². The van der Waals surface area contributed by atoms with E-state index in [0.717, 1.165) is 22.6 Å². The maximum Gasteiger partial charge on any atom is 0.258 e. The van der Waals surface area contributed by atoms with Crippen molar-refractivity contribution in [3.63, 3.8) is 0 Å². The summed E-state index contributed by atoms with van der Waals surface area (Å²) in [5.74, 6) is 0.523. The second-order valence-corrected chi connectivity index (χ2v) is 13.1. The number of nitrogens with zero attached hydrogens (tertiary/aromatic N) is 3. The van der Waals surface area contributed by atoms with Crippen LogP contribution in [0.3, 0.4) is 0 Å². The molecule has 1 aromatic heterocycles.